The topological polar surface area (TPSA) is 35.8 Å². The summed E-state index contributed by atoms with van der Waals surface area (Å²) in [6, 6.07) is 5.66. The van der Waals surface area contributed by atoms with Crippen molar-refractivity contribution in [2.75, 3.05) is 5.32 Å². The number of rotatable bonds is 3. The second-order valence-corrected chi connectivity index (χ2v) is 4.45. The number of halogens is 4. The molecular formula is C11H10BrF3N2. The fraction of sp³-hybridized carbons (Fsp3) is 0.364. The highest BCUT2D eigenvalue weighted by molar-refractivity contribution is 9.10. The number of benzene rings is 1. The molecule has 17 heavy (non-hydrogen) atoms. The zero-order valence-corrected chi connectivity index (χ0v) is 10.6. The Morgan fingerprint density at radius 1 is 1.47 bits per heavy atom. The van der Waals surface area contributed by atoms with E-state index in [1.807, 2.05) is 6.07 Å². The van der Waals surface area contributed by atoms with Gasteiger partial charge in [-0.2, -0.15) is 18.4 Å². The van der Waals surface area contributed by atoms with Crippen LogP contribution in [0.5, 0.6) is 0 Å². The first-order valence-electron chi connectivity index (χ1n) is 4.85. The summed E-state index contributed by atoms with van der Waals surface area (Å²) < 4.78 is 37.8. The summed E-state index contributed by atoms with van der Waals surface area (Å²) in [7, 11) is 0. The van der Waals surface area contributed by atoms with Crippen LogP contribution in [0.1, 0.15) is 18.9 Å². The third-order valence-electron chi connectivity index (χ3n) is 2.08. The third-order valence-corrected chi connectivity index (χ3v) is 2.77. The standard InChI is InChI=1S/C11H10BrF3N2/c1-7(4-5-16)17-8-2-3-10(12)9(6-8)11(13,14)15/h2-3,6-7,17H,4H2,1H3. The van der Waals surface area contributed by atoms with Crippen molar-refractivity contribution in [2.24, 2.45) is 0 Å². The quantitative estimate of drug-likeness (QED) is 0.909. The fourth-order valence-corrected chi connectivity index (χ4v) is 1.78. The molecule has 0 spiro atoms. The van der Waals surface area contributed by atoms with Crippen LogP contribution in [0.25, 0.3) is 0 Å². The molecule has 0 aliphatic rings. The maximum atomic E-state index is 12.6. The normalized spacial score (nSPS) is 12.9. The molecule has 1 atom stereocenters. The van der Waals surface area contributed by atoms with E-state index in [0.717, 1.165) is 6.07 Å². The second kappa shape index (κ2) is 5.41. The maximum Gasteiger partial charge on any atom is 0.417 e. The Labute approximate surface area is 106 Å². The number of hydrogen-bond donors (Lipinski definition) is 1. The Morgan fingerprint density at radius 3 is 2.65 bits per heavy atom. The largest absolute Gasteiger partial charge is 0.417 e. The predicted octanol–water partition coefficient (Wildman–Crippen LogP) is 4.18. The number of nitrogens with zero attached hydrogens (tertiary/aromatic N) is 1. The Balaban J connectivity index is 2.94. The lowest BCUT2D eigenvalue weighted by molar-refractivity contribution is -0.138. The van der Waals surface area contributed by atoms with Gasteiger partial charge in [-0.05, 0) is 25.1 Å². The Hall–Kier alpha value is -1.22. The van der Waals surface area contributed by atoms with Crippen LogP contribution < -0.4 is 5.32 Å². The lowest BCUT2D eigenvalue weighted by Crippen LogP contribution is -2.15. The number of anilines is 1. The molecule has 1 N–H and O–H groups in total. The summed E-state index contributed by atoms with van der Waals surface area (Å²) in [6.45, 7) is 1.73. The molecule has 92 valence electrons. The van der Waals surface area contributed by atoms with Crippen molar-refractivity contribution in [3.63, 3.8) is 0 Å². The van der Waals surface area contributed by atoms with Crippen molar-refractivity contribution in [1.82, 2.24) is 0 Å². The molecule has 1 rings (SSSR count). The van der Waals surface area contributed by atoms with Crippen LogP contribution in [0.3, 0.4) is 0 Å². The van der Waals surface area contributed by atoms with Gasteiger partial charge in [-0.15, -0.1) is 0 Å². The first-order chi connectivity index (χ1) is 7.84. The van der Waals surface area contributed by atoms with Crippen LogP contribution in [0.2, 0.25) is 0 Å². The molecule has 1 aromatic rings. The van der Waals surface area contributed by atoms with E-state index in [1.165, 1.54) is 12.1 Å². The summed E-state index contributed by atoms with van der Waals surface area (Å²) in [5.41, 5.74) is -0.380. The van der Waals surface area contributed by atoms with Gasteiger partial charge in [-0.3, -0.25) is 0 Å². The van der Waals surface area contributed by atoms with Crippen molar-refractivity contribution in [2.45, 2.75) is 25.6 Å². The fourth-order valence-electron chi connectivity index (χ4n) is 1.30. The molecule has 1 aromatic carbocycles. The highest BCUT2D eigenvalue weighted by Crippen LogP contribution is 2.36. The minimum Gasteiger partial charge on any atom is -0.382 e. The highest BCUT2D eigenvalue weighted by Gasteiger charge is 2.33. The molecule has 0 heterocycles. The molecule has 2 nitrogen and oxygen atoms in total. The SMILES string of the molecule is CC(CC#N)Nc1ccc(Br)c(C(F)(F)F)c1. The van der Waals surface area contributed by atoms with E-state index < -0.39 is 11.7 Å². The molecule has 0 saturated heterocycles. The second-order valence-electron chi connectivity index (χ2n) is 3.60. The van der Waals surface area contributed by atoms with Crippen LogP contribution >= 0.6 is 15.9 Å². The lowest BCUT2D eigenvalue weighted by atomic mass is 10.1. The minimum atomic E-state index is -4.39. The van der Waals surface area contributed by atoms with Crippen molar-refractivity contribution >= 4 is 21.6 Å². The van der Waals surface area contributed by atoms with E-state index in [1.54, 1.807) is 6.92 Å². The lowest BCUT2D eigenvalue weighted by Gasteiger charge is -2.15. The molecule has 0 amide bonds. The molecule has 0 aromatic heterocycles. The van der Waals surface area contributed by atoms with E-state index in [9.17, 15) is 13.2 Å². The number of alkyl halides is 3. The van der Waals surface area contributed by atoms with Crippen LogP contribution in [-0.2, 0) is 6.18 Å². The van der Waals surface area contributed by atoms with Gasteiger partial charge in [0.15, 0.2) is 0 Å². The molecule has 0 saturated carbocycles. The number of hydrogen-bond acceptors (Lipinski definition) is 2. The maximum absolute atomic E-state index is 12.6. The van der Waals surface area contributed by atoms with Gasteiger partial charge in [-0.25, -0.2) is 0 Å². The van der Waals surface area contributed by atoms with E-state index in [4.69, 9.17) is 5.26 Å². The molecule has 0 radical (unpaired) electrons. The Morgan fingerprint density at radius 2 is 2.12 bits per heavy atom. The summed E-state index contributed by atoms with van der Waals surface area (Å²) in [6.07, 6.45) is -4.16. The highest BCUT2D eigenvalue weighted by atomic mass is 79.9. The van der Waals surface area contributed by atoms with Crippen molar-refractivity contribution in [1.29, 1.82) is 5.26 Å². The van der Waals surface area contributed by atoms with E-state index in [-0.39, 0.29) is 16.9 Å². The minimum absolute atomic E-state index is 0.00323. The van der Waals surface area contributed by atoms with E-state index in [2.05, 4.69) is 21.2 Å². The van der Waals surface area contributed by atoms with Crippen LogP contribution in [0.15, 0.2) is 22.7 Å². The Bertz CT molecular complexity index is 437. The summed E-state index contributed by atoms with van der Waals surface area (Å²) >= 11 is 2.86. The van der Waals surface area contributed by atoms with E-state index >= 15 is 0 Å². The predicted molar refractivity (Wildman–Crippen MR) is 62.5 cm³/mol. The van der Waals surface area contributed by atoms with Crippen molar-refractivity contribution in [3.8, 4) is 6.07 Å². The molecule has 0 aliphatic heterocycles. The molecule has 6 heteroatoms. The summed E-state index contributed by atoms with van der Waals surface area (Å²) in [5.74, 6) is 0. The third kappa shape index (κ3) is 3.93. The van der Waals surface area contributed by atoms with Crippen molar-refractivity contribution in [3.05, 3.63) is 28.2 Å². The zero-order chi connectivity index (χ0) is 13.1. The summed E-state index contributed by atoms with van der Waals surface area (Å²) in [5, 5.41) is 11.3. The molecule has 1 unspecified atom stereocenters. The first-order valence-corrected chi connectivity index (χ1v) is 5.64. The molecular weight excluding hydrogens is 297 g/mol. The zero-order valence-electron chi connectivity index (χ0n) is 8.98. The van der Waals surface area contributed by atoms with E-state index in [0.29, 0.717) is 5.69 Å². The smallest absolute Gasteiger partial charge is 0.382 e. The molecule has 0 fully saturated rings. The van der Waals surface area contributed by atoms with Gasteiger partial charge in [0.05, 0.1) is 18.1 Å². The van der Waals surface area contributed by atoms with Crippen LogP contribution in [0, 0.1) is 11.3 Å². The molecule has 0 aliphatic carbocycles. The summed E-state index contributed by atoms with van der Waals surface area (Å²) in [4.78, 5) is 0. The first kappa shape index (κ1) is 13.8. The number of nitrogens with one attached hydrogen (secondary N) is 1. The average Bonchev–Trinajstić information content (AvgIpc) is 2.19. The van der Waals surface area contributed by atoms with Gasteiger partial charge in [-0.1, -0.05) is 15.9 Å². The van der Waals surface area contributed by atoms with Gasteiger partial charge in [0.25, 0.3) is 0 Å². The monoisotopic (exact) mass is 306 g/mol. The van der Waals surface area contributed by atoms with Gasteiger partial charge in [0.2, 0.25) is 0 Å². The van der Waals surface area contributed by atoms with Gasteiger partial charge in [0.1, 0.15) is 0 Å². The van der Waals surface area contributed by atoms with Gasteiger partial charge < -0.3 is 5.32 Å². The molecule has 0 bridgehead atoms. The van der Waals surface area contributed by atoms with Crippen LogP contribution in [0.4, 0.5) is 18.9 Å². The number of nitriles is 1. The average molecular weight is 307 g/mol. The Kier molecular flexibility index (Phi) is 4.40. The van der Waals surface area contributed by atoms with Gasteiger partial charge in [0, 0.05) is 16.2 Å². The van der Waals surface area contributed by atoms with Gasteiger partial charge >= 0.3 is 6.18 Å². The van der Waals surface area contributed by atoms with Crippen LogP contribution in [-0.4, -0.2) is 6.04 Å². The van der Waals surface area contributed by atoms with Crippen molar-refractivity contribution < 1.29 is 13.2 Å².